The summed E-state index contributed by atoms with van der Waals surface area (Å²) in [7, 11) is 0. The lowest BCUT2D eigenvalue weighted by atomic mass is 10.1. The van der Waals surface area contributed by atoms with Crippen LogP contribution < -0.4 is 0 Å². The third-order valence-corrected chi connectivity index (χ3v) is 4.64. The molecule has 1 aliphatic rings. The van der Waals surface area contributed by atoms with Crippen molar-refractivity contribution in [3.05, 3.63) is 53.1 Å². The van der Waals surface area contributed by atoms with Gasteiger partial charge in [0.2, 0.25) is 0 Å². The van der Waals surface area contributed by atoms with Gasteiger partial charge in [0.05, 0.1) is 12.6 Å². The van der Waals surface area contributed by atoms with E-state index in [4.69, 9.17) is 8.94 Å². The Morgan fingerprint density at radius 2 is 2.14 bits per heavy atom. The van der Waals surface area contributed by atoms with E-state index in [1.165, 1.54) is 17.4 Å². The summed E-state index contributed by atoms with van der Waals surface area (Å²) in [6.45, 7) is 6.00. The highest BCUT2D eigenvalue weighted by Gasteiger charge is 2.29. The van der Waals surface area contributed by atoms with Crippen LogP contribution in [0.1, 0.15) is 41.7 Å². The van der Waals surface area contributed by atoms with Crippen LogP contribution in [-0.2, 0) is 6.54 Å². The molecule has 2 aromatic heterocycles. The molecule has 0 spiro atoms. The Kier molecular flexibility index (Phi) is 3.26. The van der Waals surface area contributed by atoms with E-state index in [9.17, 15) is 0 Å². The zero-order chi connectivity index (χ0) is 15.1. The molecular weight excluding hydrogens is 276 g/mol. The van der Waals surface area contributed by atoms with E-state index in [2.05, 4.69) is 35.2 Å². The van der Waals surface area contributed by atoms with E-state index >= 15 is 0 Å². The molecule has 1 saturated heterocycles. The number of benzene rings is 1. The summed E-state index contributed by atoms with van der Waals surface area (Å²) in [5.41, 5.74) is 3.27. The standard InChI is InChI=1S/C18H20N2O2/c1-12-10-15(19-22-12)16-7-5-9-20(16)11-18-13(2)14-6-3-4-8-17(14)21-18/h3-4,6,8,10,16H,5,7,9,11H2,1-2H3/t16-/m1/s1. The maximum atomic E-state index is 6.06. The SMILES string of the molecule is Cc1cc([C@H]2CCCN2Cc2oc3ccccc3c2C)no1. The Balaban J connectivity index is 1.62. The van der Waals surface area contributed by atoms with Gasteiger partial charge in [-0.05, 0) is 44.9 Å². The fourth-order valence-corrected chi connectivity index (χ4v) is 3.45. The van der Waals surface area contributed by atoms with Crippen molar-refractivity contribution in [3.8, 4) is 0 Å². The monoisotopic (exact) mass is 296 g/mol. The highest BCUT2D eigenvalue weighted by molar-refractivity contribution is 5.81. The molecule has 1 aliphatic heterocycles. The van der Waals surface area contributed by atoms with Crippen LogP contribution in [-0.4, -0.2) is 16.6 Å². The van der Waals surface area contributed by atoms with E-state index in [-0.39, 0.29) is 0 Å². The lowest BCUT2D eigenvalue weighted by molar-refractivity contribution is 0.220. The molecule has 0 bridgehead atoms. The maximum absolute atomic E-state index is 6.06. The van der Waals surface area contributed by atoms with Gasteiger partial charge in [0.25, 0.3) is 0 Å². The molecular formula is C18H20N2O2. The van der Waals surface area contributed by atoms with Gasteiger partial charge >= 0.3 is 0 Å². The third kappa shape index (κ3) is 2.24. The zero-order valence-electron chi connectivity index (χ0n) is 13.0. The normalized spacial score (nSPS) is 19.3. The molecule has 1 fully saturated rings. The molecule has 0 unspecified atom stereocenters. The molecule has 0 radical (unpaired) electrons. The average Bonchev–Trinajstić information content (AvgIpc) is 3.21. The second kappa shape index (κ2) is 5.29. The summed E-state index contributed by atoms with van der Waals surface area (Å²) >= 11 is 0. The number of nitrogens with zero attached hydrogens (tertiary/aromatic N) is 2. The second-order valence-corrected chi connectivity index (χ2v) is 6.14. The van der Waals surface area contributed by atoms with Gasteiger partial charge in [-0.15, -0.1) is 0 Å². The Hall–Kier alpha value is -2.07. The second-order valence-electron chi connectivity index (χ2n) is 6.14. The average molecular weight is 296 g/mol. The number of aryl methyl sites for hydroxylation is 2. The first kappa shape index (κ1) is 13.6. The van der Waals surface area contributed by atoms with Gasteiger partial charge in [-0.3, -0.25) is 4.90 Å². The molecule has 1 aromatic carbocycles. The van der Waals surface area contributed by atoms with Crippen molar-refractivity contribution >= 4 is 11.0 Å². The number of rotatable bonds is 3. The minimum absolute atomic E-state index is 0.338. The van der Waals surface area contributed by atoms with Gasteiger partial charge in [-0.2, -0.15) is 0 Å². The molecule has 0 aliphatic carbocycles. The van der Waals surface area contributed by atoms with Crippen molar-refractivity contribution < 1.29 is 8.94 Å². The number of para-hydroxylation sites is 1. The summed E-state index contributed by atoms with van der Waals surface area (Å²) < 4.78 is 11.3. The predicted octanol–water partition coefficient (Wildman–Crippen LogP) is 4.37. The Morgan fingerprint density at radius 1 is 1.27 bits per heavy atom. The van der Waals surface area contributed by atoms with Crippen LogP contribution in [0, 0.1) is 13.8 Å². The molecule has 1 atom stereocenters. The van der Waals surface area contributed by atoms with Gasteiger partial charge in [0.1, 0.15) is 22.8 Å². The third-order valence-electron chi connectivity index (χ3n) is 4.64. The lowest BCUT2D eigenvalue weighted by Gasteiger charge is -2.21. The number of hydrogen-bond acceptors (Lipinski definition) is 4. The van der Waals surface area contributed by atoms with E-state index in [1.807, 2.05) is 19.1 Å². The molecule has 114 valence electrons. The van der Waals surface area contributed by atoms with Crippen LogP contribution in [0.15, 0.2) is 39.3 Å². The Bertz CT molecular complexity index is 802. The van der Waals surface area contributed by atoms with Gasteiger partial charge in [0.15, 0.2) is 0 Å². The first-order chi connectivity index (χ1) is 10.7. The number of hydrogen-bond donors (Lipinski definition) is 0. The molecule has 4 rings (SSSR count). The highest BCUT2D eigenvalue weighted by Crippen LogP contribution is 2.34. The van der Waals surface area contributed by atoms with Crippen LogP contribution >= 0.6 is 0 Å². The fraction of sp³-hybridized carbons (Fsp3) is 0.389. The van der Waals surface area contributed by atoms with Gasteiger partial charge in [-0.1, -0.05) is 23.4 Å². The summed E-state index contributed by atoms with van der Waals surface area (Å²) in [5.74, 6) is 1.94. The number of fused-ring (bicyclic) bond motifs is 1. The summed E-state index contributed by atoms with van der Waals surface area (Å²) in [5, 5.41) is 5.42. The first-order valence-electron chi connectivity index (χ1n) is 7.86. The molecule has 3 aromatic rings. The highest BCUT2D eigenvalue weighted by atomic mass is 16.5. The van der Waals surface area contributed by atoms with E-state index in [0.29, 0.717) is 6.04 Å². The van der Waals surface area contributed by atoms with Gasteiger partial charge in [-0.25, -0.2) is 0 Å². The lowest BCUT2D eigenvalue weighted by Crippen LogP contribution is -2.23. The van der Waals surface area contributed by atoms with Gasteiger partial charge < -0.3 is 8.94 Å². The summed E-state index contributed by atoms with van der Waals surface area (Å²) in [4.78, 5) is 2.45. The largest absolute Gasteiger partial charge is 0.459 e. The van der Waals surface area contributed by atoms with Crippen molar-refractivity contribution in [1.82, 2.24) is 10.1 Å². The van der Waals surface area contributed by atoms with Crippen LogP contribution in [0.5, 0.6) is 0 Å². The molecule has 3 heterocycles. The molecule has 0 amide bonds. The van der Waals surface area contributed by atoms with Crippen molar-refractivity contribution in [2.24, 2.45) is 0 Å². The van der Waals surface area contributed by atoms with Crippen molar-refractivity contribution in [1.29, 1.82) is 0 Å². The van der Waals surface area contributed by atoms with Gasteiger partial charge in [0, 0.05) is 11.5 Å². The van der Waals surface area contributed by atoms with E-state index in [0.717, 1.165) is 42.3 Å². The molecule has 0 N–H and O–H groups in total. The van der Waals surface area contributed by atoms with Crippen molar-refractivity contribution in [3.63, 3.8) is 0 Å². The van der Waals surface area contributed by atoms with Crippen molar-refractivity contribution in [2.75, 3.05) is 6.54 Å². The molecule has 4 heteroatoms. The number of furan rings is 1. The fourth-order valence-electron chi connectivity index (χ4n) is 3.45. The van der Waals surface area contributed by atoms with Crippen molar-refractivity contribution in [2.45, 2.75) is 39.3 Å². The molecule has 4 nitrogen and oxygen atoms in total. The zero-order valence-corrected chi connectivity index (χ0v) is 13.0. The minimum Gasteiger partial charge on any atom is -0.459 e. The summed E-state index contributed by atoms with van der Waals surface area (Å²) in [6, 6.07) is 10.6. The number of likely N-dealkylation sites (tertiary alicyclic amines) is 1. The minimum atomic E-state index is 0.338. The topological polar surface area (TPSA) is 42.4 Å². The van der Waals surface area contributed by atoms with Crippen LogP contribution in [0.25, 0.3) is 11.0 Å². The molecule has 22 heavy (non-hydrogen) atoms. The number of aromatic nitrogens is 1. The van der Waals surface area contributed by atoms with Crippen LogP contribution in [0.4, 0.5) is 0 Å². The van der Waals surface area contributed by atoms with E-state index < -0.39 is 0 Å². The Morgan fingerprint density at radius 3 is 2.91 bits per heavy atom. The smallest absolute Gasteiger partial charge is 0.134 e. The summed E-state index contributed by atoms with van der Waals surface area (Å²) in [6.07, 6.45) is 2.32. The Labute approximate surface area is 129 Å². The van der Waals surface area contributed by atoms with E-state index in [1.54, 1.807) is 0 Å². The quantitative estimate of drug-likeness (QED) is 0.719. The van der Waals surface area contributed by atoms with Crippen LogP contribution in [0.3, 0.4) is 0 Å². The molecule has 0 saturated carbocycles. The first-order valence-corrected chi connectivity index (χ1v) is 7.86. The maximum Gasteiger partial charge on any atom is 0.134 e. The predicted molar refractivity (Wildman–Crippen MR) is 84.6 cm³/mol. The van der Waals surface area contributed by atoms with Crippen LogP contribution in [0.2, 0.25) is 0 Å².